The normalized spacial score (nSPS) is 10.3. The van der Waals surface area contributed by atoms with Crippen LogP contribution in [0.5, 0.6) is 5.75 Å². The number of anilines is 2. The lowest BCUT2D eigenvalue weighted by Gasteiger charge is -2.13. The van der Waals surface area contributed by atoms with Gasteiger partial charge in [-0.05, 0) is 55.0 Å². The van der Waals surface area contributed by atoms with Gasteiger partial charge >= 0.3 is 6.61 Å². The highest BCUT2D eigenvalue weighted by Gasteiger charge is 2.08. The summed E-state index contributed by atoms with van der Waals surface area (Å²) in [5.74, 6) is 0.0577. The van der Waals surface area contributed by atoms with Gasteiger partial charge in [-0.1, -0.05) is 0 Å². The average Bonchev–Trinajstić information content (AvgIpc) is 2.50. The number of aryl methyl sites for hydroxylation is 1. The van der Waals surface area contributed by atoms with E-state index in [0.29, 0.717) is 16.9 Å². The van der Waals surface area contributed by atoms with Crippen LogP contribution in [-0.4, -0.2) is 16.6 Å². The zero-order valence-electron chi connectivity index (χ0n) is 12.5. The van der Waals surface area contributed by atoms with Crippen LogP contribution in [0.3, 0.4) is 0 Å². The van der Waals surface area contributed by atoms with Gasteiger partial charge in [0.25, 0.3) is 5.69 Å². The number of nitro groups is 1. The fourth-order valence-corrected chi connectivity index (χ4v) is 2.13. The Morgan fingerprint density at radius 1 is 1.21 bits per heavy atom. The van der Waals surface area contributed by atoms with Crippen molar-refractivity contribution in [1.82, 2.24) is 0 Å². The molecule has 0 saturated heterocycles. The molecule has 0 atom stereocenters. The van der Waals surface area contributed by atoms with E-state index in [1.807, 2.05) is 0 Å². The average molecular weight is 353 g/mol. The van der Waals surface area contributed by atoms with E-state index in [1.54, 1.807) is 13.0 Å². The number of nitro benzene ring substituents is 1. The van der Waals surface area contributed by atoms with Gasteiger partial charge in [-0.25, -0.2) is 0 Å². The van der Waals surface area contributed by atoms with E-state index in [4.69, 9.17) is 12.2 Å². The third-order valence-electron chi connectivity index (χ3n) is 3.01. The summed E-state index contributed by atoms with van der Waals surface area (Å²) >= 11 is 5.16. The van der Waals surface area contributed by atoms with Crippen LogP contribution in [-0.2, 0) is 0 Å². The van der Waals surface area contributed by atoms with Crippen molar-refractivity contribution in [3.8, 4) is 5.75 Å². The van der Waals surface area contributed by atoms with Gasteiger partial charge in [0.15, 0.2) is 5.11 Å². The van der Waals surface area contributed by atoms with Crippen molar-refractivity contribution < 1.29 is 18.4 Å². The molecule has 0 aromatic heterocycles. The highest BCUT2D eigenvalue weighted by molar-refractivity contribution is 7.80. The molecule has 0 aliphatic carbocycles. The third-order valence-corrected chi connectivity index (χ3v) is 3.21. The van der Waals surface area contributed by atoms with Crippen molar-refractivity contribution in [3.63, 3.8) is 0 Å². The molecular formula is C15H13F2N3O3S. The Kier molecular flexibility index (Phi) is 5.59. The summed E-state index contributed by atoms with van der Waals surface area (Å²) in [5.41, 5.74) is 1.84. The number of benzene rings is 2. The first-order valence-electron chi connectivity index (χ1n) is 6.73. The Labute approximate surface area is 141 Å². The lowest BCUT2D eigenvalue weighted by Crippen LogP contribution is -2.19. The minimum atomic E-state index is -2.88. The topological polar surface area (TPSA) is 76.4 Å². The maximum Gasteiger partial charge on any atom is 0.387 e. The van der Waals surface area contributed by atoms with Crippen molar-refractivity contribution in [1.29, 1.82) is 0 Å². The molecule has 24 heavy (non-hydrogen) atoms. The molecule has 2 rings (SSSR count). The molecule has 0 heterocycles. The van der Waals surface area contributed by atoms with Gasteiger partial charge in [0.1, 0.15) is 5.75 Å². The second-order valence-electron chi connectivity index (χ2n) is 4.74. The number of non-ortho nitro benzene ring substituents is 1. The Morgan fingerprint density at radius 2 is 1.88 bits per heavy atom. The van der Waals surface area contributed by atoms with Crippen molar-refractivity contribution >= 4 is 34.4 Å². The molecule has 2 N–H and O–H groups in total. The van der Waals surface area contributed by atoms with Gasteiger partial charge in [-0.15, -0.1) is 0 Å². The molecule has 0 fully saturated rings. The largest absolute Gasteiger partial charge is 0.435 e. The van der Waals surface area contributed by atoms with Crippen LogP contribution in [0.15, 0.2) is 42.5 Å². The van der Waals surface area contributed by atoms with Crippen molar-refractivity contribution in [2.24, 2.45) is 0 Å². The molecular weight excluding hydrogens is 340 g/mol. The monoisotopic (exact) mass is 353 g/mol. The number of ether oxygens (including phenoxy) is 1. The molecule has 126 valence electrons. The number of nitrogens with zero attached hydrogens (tertiary/aromatic N) is 1. The summed E-state index contributed by atoms with van der Waals surface area (Å²) in [5, 5.41) is 16.7. The van der Waals surface area contributed by atoms with Gasteiger partial charge in [0.2, 0.25) is 0 Å². The van der Waals surface area contributed by atoms with E-state index in [9.17, 15) is 18.9 Å². The molecule has 0 saturated carbocycles. The zero-order valence-corrected chi connectivity index (χ0v) is 13.3. The fraction of sp³-hybridized carbons (Fsp3) is 0.133. The van der Waals surface area contributed by atoms with Crippen LogP contribution in [0.2, 0.25) is 0 Å². The highest BCUT2D eigenvalue weighted by atomic mass is 32.1. The lowest BCUT2D eigenvalue weighted by atomic mass is 10.2. The number of alkyl halides is 2. The van der Waals surface area contributed by atoms with E-state index in [1.165, 1.54) is 36.4 Å². The smallest absolute Gasteiger partial charge is 0.387 e. The van der Waals surface area contributed by atoms with E-state index >= 15 is 0 Å². The van der Waals surface area contributed by atoms with Gasteiger partial charge in [0.05, 0.1) is 4.92 Å². The predicted octanol–water partition coefficient (Wildman–Crippen LogP) is 4.31. The van der Waals surface area contributed by atoms with Gasteiger partial charge in [-0.2, -0.15) is 8.78 Å². The summed E-state index contributed by atoms with van der Waals surface area (Å²) < 4.78 is 28.7. The summed E-state index contributed by atoms with van der Waals surface area (Å²) in [6.45, 7) is -1.16. The van der Waals surface area contributed by atoms with Crippen LogP contribution in [0.25, 0.3) is 0 Å². The number of hydrogen-bond acceptors (Lipinski definition) is 4. The first kappa shape index (κ1) is 17.5. The number of halogens is 2. The summed E-state index contributed by atoms with van der Waals surface area (Å²) in [6.07, 6.45) is 0. The first-order valence-corrected chi connectivity index (χ1v) is 7.14. The second kappa shape index (κ2) is 7.64. The minimum Gasteiger partial charge on any atom is -0.435 e. The summed E-state index contributed by atoms with van der Waals surface area (Å²) in [4.78, 5) is 10.1. The standard InChI is InChI=1S/C15H13F2N3O3S/c1-9-8-12(23-14(16)17)6-7-13(9)19-15(24)18-10-2-4-11(5-3-10)20(21)22/h2-8,14H,1H3,(H2,18,19,24). The van der Waals surface area contributed by atoms with Crippen molar-refractivity contribution in [2.75, 3.05) is 10.6 Å². The fourth-order valence-electron chi connectivity index (χ4n) is 1.90. The SMILES string of the molecule is Cc1cc(OC(F)F)ccc1NC(=S)Nc1ccc([N+](=O)[O-])cc1. The molecule has 0 spiro atoms. The van der Waals surface area contributed by atoms with Crippen LogP contribution >= 0.6 is 12.2 Å². The van der Waals surface area contributed by atoms with Gasteiger partial charge in [0, 0.05) is 23.5 Å². The molecule has 2 aromatic rings. The van der Waals surface area contributed by atoms with E-state index in [2.05, 4.69) is 15.4 Å². The van der Waals surface area contributed by atoms with Gasteiger partial charge < -0.3 is 15.4 Å². The van der Waals surface area contributed by atoms with Crippen LogP contribution in [0, 0.1) is 17.0 Å². The molecule has 0 bridgehead atoms. The Bertz CT molecular complexity index is 754. The van der Waals surface area contributed by atoms with Crippen molar-refractivity contribution in [2.45, 2.75) is 13.5 Å². The molecule has 0 amide bonds. The minimum absolute atomic E-state index is 0.0232. The second-order valence-corrected chi connectivity index (χ2v) is 5.15. The van der Waals surface area contributed by atoms with E-state index < -0.39 is 11.5 Å². The third kappa shape index (κ3) is 4.85. The molecule has 0 unspecified atom stereocenters. The molecule has 2 aromatic carbocycles. The maximum atomic E-state index is 12.2. The molecule has 0 aliphatic rings. The van der Waals surface area contributed by atoms with Crippen LogP contribution in [0.1, 0.15) is 5.56 Å². The summed E-state index contributed by atoms with van der Waals surface area (Å²) in [7, 11) is 0. The number of nitrogens with one attached hydrogen (secondary N) is 2. The molecule has 6 nitrogen and oxygen atoms in total. The van der Waals surface area contributed by atoms with Crippen LogP contribution in [0.4, 0.5) is 25.8 Å². The highest BCUT2D eigenvalue weighted by Crippen LogP contribution is 2.23. The Morgan fingerprint density at radius 3 is 2.42 bits per heavy atom. The van der Waals surface area contributed by atoms with E-state index in [-0.39, 0.29) is 16.5 Å². The van der Waals surface area contributed by atoms with Gasteiger partial charge in [-0.3, -0.25) is 10.1 Å². The predicted molar refractivity (Wildman–Crippen MR) is 90.8 cm³/mol. The molecule has 0 aliphatic heterocycles. The van der Waals surface area contributed by atoms with E-state index in [0.717, 1.165) is 0 Å². The van der Waals surface area contributed by atoms with Crippen molar-refractivity contribution in [3.05, 3.63) is 58.1 Å². The summed E-state index contributed by atoms with van der Waals surface area (Å²) in [6, 6.07) is 10.2. The first-order chi connectivity index (χ1) is 11.3. The van der Waals surface area contributed by atoms with Crippen LogP contribution < -0.4 is 15.4 Å². The Balaban J connectivity index is 2.00. The Hall–Kier alpha value is -2.81. The number of rotatable bonds is 5. The number of thiocarbonyl (C=S) groups is 1. The molecule has 0 radical (unpaired) electrons. The molecule has 9 heteroatoms. The maximum absolute atomic E-state index is 12.2. The lowest BCUT2D eigenvalue weighted by molar-refractivity contribution is -0.384. The number of hydrogen-bond donors (Lipinski definition) is 2. The zero-order chi connectivity index (χ0) is 17.7. The quantitative estimate of drug-likeness (QED) is 0.474.